The van der Waals surface area contributed by atoms with E-state index in [9.17, 15) is 0 Å². The third-order valence-electron chi connectivity index (χ3n) is 3.86. The highest BCUT2D eigenvalue weighted by Gasteiger charge is 2.28. The number of hydrogen-bond donors (Lipinski definition) is 1. The first kappa shape index (κ1) is 13.9. The maximum atomic E-state index is 6.10. The molecule has 1 N–H and O–H groups in total. The van der Waals surface area contributed by atoms with Crippen LogP contribution in [0.3, 0.4) is 0 Å². The number of benzene rings is 1. The highest BCUT2D eigenvalue weighted by molar-refractivity contribution is 5.50. The fourth-order valence-corrected chi connectivity index (χ4v) is 2.38. The standard InChI is InChI=1S/C17H21N3O/c1-4-12-7-5-6-8-14(12)21-17-11(2)15(18-3)19-16(20-17)13-9-10-13/h5-8,13H,4,9-10H2,1-3H3,(H,18,19,20). The summed E-state index contributed by atoms with van der Waals surface area (Å²) in [6, 6.07) is 8.11. The fourth-order valence-electron chi connectivity index (χ4n) is 2.38. The minimum absolute atomic E-state index is 0.501. The molecule has 3 rings (SSSR count). The number of rotatable bonds is 5. The van der Waals surface area contributed by atoms with E-state index in [-0.39, 0.29) is 0 Å². The molecule has 4 heteroatoms. The molecular weight excluding hydrogens is 262 g/mol. The molecule has 0 unspecified atom stereocenters. The Balaban J connectivity index is 1.99. The van der Waals surface area contributed by atoms with Gasteiger partial charge in [-0.05, 0) is 37.8 Å². The number of anilines is 1. The van der Waals surface area contributed by atoms with Gasteiger partial charge in [0.1, 0.15) is 17.4 Å². The Kier molecular flexibility index (Phi) is 3.78. The van der Waals surface area contributed by atoms with Gasteiger partial charge in [0.25, 0.3) is 0 Å². The van der Waals surface area contributed by atoms with Gasteiger partial charge in [-0.15, -0.1) is 0 Å². The summed E-state index contributed by atoms with van der Waals surface area (Å²) >= 11 is 0. The van der Waals surface area contributed by atoms with Gasteiger partial charge in [-0.25, -0.2) is 4.98 Å². The molecule has 2 aromatic rings. The van der Waals surface area contributed by atoms with Crippen molar-refractivity contribution in [2.45, 2.75) is 39.0 Å². The van der Waals surface area contributed by atoms with Gasteiger partial charge in [0.15, 0.2) is 0 Å². The van der Waals surface area contributed by atoms with Gasteiger partial charge in [-0.2, -0.15) is 4.98 Å². The number of nitrogens with zero attached hydrogens (tertiary/aromatic N) is 2. The summed E-state index contributed by atoms with van der Waals surface area (Å²) in [5.74, 6) is 3.80. The second-order valence-corrected chi connectivity index (χ2v) is 5.45. The molecule has 110 valence electrons. The van der Waals surface area contributed by atoms with E-state index in [1.54, 1.807) is 0 Å². The van der Waals surface area contributed by atoms with Gasteiger partial charge in [-0.3, -0.25) is 0 Å². The average molecular weight is 283 g/mol. The lowest BCUT2D eigenvalue weighted by Gasteiger charge is -2.14. The van der Waals surface area contributed by atoms with Crippen LogP contribution in [0.4, 0.5) is 5.82 Å². The predicted octanol–water partition coefficient (Wildman–Crippen LogP) is 4.06. The minimum Gasteiger partial charge on any atom is -0.438 e. The summed E-state index contributed by atoms with van der Waals surface area (Å²) < 4.78 is 6.10. The van der Waals surface area contributed by atoms with E-state index in [1.807, 2.05) is 32.2 Å². The zero-order valence-corrected chi connectivity index (χ0v) is 12.8. The first-order valence-corrected chi connectivity index (χ1v) is 7.55. The van der Waals surface area contributed by atoms with Gasteiger partial charge in [0.05, 0.1) is 5.56 Å². The SMILES string of the molecule is CCc1ccccc1Oc1nc(C2CC2)nc(NC)c1C. The lowest BCUT2D eigenvalue weighted by Crippen LogP contribution is -2.05. The van der Waals surface area contributed by atoms with Crippen LogP contribution in [0.25, 0.3) is 0 Å². The van der Waals surface area contributed by atoms with Crippen molar-refractivity contribution in [3.63, 3.8) is 0 Å². The monoisotopic (exact) mass is 283 g/mol. The van der Waals surface area contributed by atoms with Gasteiger partial charge in [-0.1, -0.05) is 25.1 Å². The zero-order valence-electron chi connectivity index (χ0n) is 12.8. The number of nitrogens with one attached hydrogen (secondary N) is 1. The maximum Gasteiger partial charge on any atom is 0.227 e. The molecule has 1 fully saturated rings. The van der Waals surface area contributed by atoms with Crippen LogP contribution >= 0.6 is 0 Å². The molecule has 0 spiro atoms. The molecule has 1 aliphatic rings. The quantitative estimate of drug-likeness (QED) is 0.899. The van der Waals surface area contributed by atoms with Crippen molar-refractivity contribution in [2.24, 2.45) is 0 Å². The third kappa shape index (κ3) is 2.84. The number of para-hydroxylation sites is 1. The normalized spacial score (nSPS) is 14.0. The van der Waals surface area contributed by atoms with Crippen LogP contribution in [0.15, 0.2) is 24.3 Å². The summed E-state index contributed by atoms with van der Waals surface area (Å²) in [4.78, 5) is 9.24. The van der Waals surface area contributed by atoms with Gasteiger partial charge < -0.3 is 10.1 Å². The van der Waals surface area contributed by atoms with Crippen molar-refractivity contribution in [1.29, 1.82) is 0 Å². The predicted molar refractivity (Wildman–Crippen MR) is 84.2 cm³/mol. The summed E-state index contributed by atoms with van der Waals surface area (Å²) in [7, 11) is 1.88. The molecule has 1 saturated carbocycles. The molecule has 0 bridgehead atoms. The largest absolute Gasteiger partial charge is 0.438 e. The second-order valence-electron chi connectivity index (χ2n) is 5.45. The Morgan fingerprint density at radius 1 is 1.24 bits per heavy atom. The van der Waals surface area contributed by atoms with Crippen molar-refractivity contribution >= 4 is 5.82 Å². The molecule has 1 aromatic carbocycles. The highest BCUT2D eigenvalue weighted by Crippen LogP contribution is 2.40. The topological polar surface area (TPSA) is 47.0 Å². The van der Waals surface area contributed by atoms with Crippen LogP contribution in [-0.2, 0) is 6.42 Å². The van der Waals surface area contributed by atoms with Gasteiger partial charge in [0.2, 0.25) is 5.88 Å². The van der Waals surface area contributed by atoms with Crippen LogP contribution in [0.2, 0.25) is 0 Å². The number of aryl methyl sites for hydroxylation is 1. The zero-order chi connectivity index (χ0) is 14.8. The van der Waals surface area contributed by atoms with Crippen molar-refractivity contribution in [1.82, 2.24) is 9.97 Å². The van der Waals surface area contributed by atoms with E-state index < -0.39 is 0 Å². The van der Waals surface area contributed by atoms with Crippen LogP contribution < -0.4 is 10.1 Å². The molecule has 0 radical (unpaired) electrons. The van der Waals surface area contributed by atoms with Crippen LogP contribution in [0.1, 0.15) is 42.6 Å². The number of ether oxygens (including phenoxy) is 1. The molecule has 4 nitrogen and oxygen atoms in total. The van der Waals surface area contributed by atoms with E-state index in [1.165, 1.54) is 18.4 Å². The Morgan fingerprint density at radius 2 is 2.00 bits per heavy atom. The Morgan fingerprint density at radius 3 is 2.67 bits per heavy atom. The summed E-state index contributed by atoms with van der Waals surface area (Å²) in [5.41, 5.74) is 2.14. The fraction of sp³-hybridized carbons (Fsp3) is 0.412. The van der Waals surface area contributed by atoms with E-state index >= 15 is 0 Å². The summed E-state index contributed by atoms with van der Waals surface area (Å²) in [5, 5.41) is 3.14. The van der Waals surface area contributed by atoms with E-state index in [2.05, 4.69) is 28.3 Å². The van der Waals surface area contributed by atoms with Crippen molar-refractivity contribution in [2.75, 3.05) is 12.4 Å². The lowest BCUT2D eigenvalue weighted by atomic mass is 10.1. The maximum absolute atomic E-state index is 6.10. The molecule has 1 aromatic heterocycles. The minimum atomic E-state index is 0.501. The highest BCUT2D eigenvalue weighted by atomic mass is 16.5. The van der Waals surface area contributed by atoms with Crippen LogP contribution in [0, 0.1) is 6.92 Å². The van der Waals surface area contributed by atoms with E-state index in [0.29, 0.717) is 11.8 Å². The van der Waals surface area contributed by atoms with Crippen molar-refractivity contribution in [3.8, 4) is 11.6 Å². The second kappa shape index (κ2) is 5.72. The lowest BCUT2D eigenvalue weighted by molar-refractivity contribution is 0.450. The number of hydrogen-bond acceptors (Lipinski definition) is 4. The van der Waals surface area contributed by atoms with Crippen LogP contribution in [-0.4, -0.2) is 17.0 Å². The van der Waals surface area contributed by atoms with Crippen molar-refractivity contribution in [3.05, 3.63) is 41.2 Å². The summed E-state index contributed by atoms with van der Waals surface area (Å²) in [6.07, 6.45) is 3.29. The van der Waals surface area contributed by atoms with E-state index in [0.717, 1.165) is 29.4 Å². The van der Waals surface area contributed by atoms with Crippen LogP contribution in [0.5, 0.6) is 11.6 Å². The van der Waals surface area contributed by atoms with Crippen molar-refractivity contribution < 1.29 is 4.74 Å². The molecule has 0 atom stereocenters. The Hall–Kier alpha value is -2.10. The first-order chi connectivity index (χ1) is 10.2. The number of aromatic nitrogens is 2. The third-order valence-corrected chi connectivity index (χ3v) is 3.86. The molecule has 1 aliphatic carbocycles. The molecule has 0 amide bonds. The van der Waals surface area contributed by atoms with Gasteiger partial charge >= 0.3 is 0 Å². The smallest absolute Gasteiger partial charge is 0.227 e. The Bertz CT molecular complexity index is 650. The molecule has 21 heavy (non-hydrogen) atoms. The Labute approximate surface area is 125 Å². The first-order valence-electron chi connectivity index (χ1n) is 7.55. The molecule has 1 heterocycles. The van der Waals surface area contributed by atoms with Gasteiger partial charge in [0, 0.05) is 13.0 Å². The molecular formula is C17H21N3O. The van der Waals surface area contributed by atoms with E-state index in [4.69, 9.17) is 4.74 Å². The molecule has 0 aliphatic heterocycles. The molecule has 0 saturated heterocycles. The average Bonchev–Trinajstić information content (AvgIpc) is 3.34. The summed E-state index contributed by atoms with van der Waals surface area (Å²) in [6.45, 7) is 4.12.